The SMILES string of the molecule is c1ccc(-c2cccc3cccc(N(c4ccccc4)c4ccc(-n5c6ccccc6c6ccccc65)cc4)c23)cc1. The fourth-order valence-electron chi connectivity index (χ4n) is 6.32. The number of hydrogen-bond acceptors (Lipinski definition) is 1. The third kappa shape index (κ3) is 3.96. The Labute approximate surface area is 245 Å². The third-order valence-electron chi connectivity index (χ3n) is 8.17. The second kappa shape index (κ2) is 10.1. The van der Waals surface area contributed by atoms with Crippen LogP contribution in [0.3, 0.4) is 0 Å². The zero-order valence-corrected chi connectivity index (χ0v) is 23.1. The van der Waals surface area contributed by atoms with Gasteiger partial charge in [0.15, 0.2) is 0 Å². The highest BCUT2D eigenvalue weighted by atomic mass is 15.1. The predicted molar refractivity (Wildman–Crippen MR) is 178 cm³/mol. The van der Waals surface area contributed by atoms with Crippen molar-refractivity contribution in [3.63, 3.8) is 0 Å². The molecule has 0 saturated heterocycles. The smallest absolute Gasteiger partial charge is 0.0546 e. The van der Waals surface area contributed by atoms with Crippen LogP contribution in [-0.2, 0) is 0 Å². The second-order valence-electron chi connectivity index (χ2n) is 10.6. The van der Waals surface area contributed by atoms with E-state index < -0.39 is 0 Å². The van der Waals surface area contributed by atoms with Gasteiger partial charge in [-0.15, -0.1) is 0 Å². The van der Waals surface area contributed by atoms with Crippen LogP contribution in [0, 0.1) is 0 Å². The van der Waals surface area contributed by atoms with Gasteiger partial charge in [-0.2, -0.15) is 0 Å². The summed E-state index contributed by atoms with van der Waals surface area (Å²) in [5, 5.41) is 5.00. The van der Waals surface area contributed by atoms with Crippen molar-refractivity contribution in [1.82, 2.24) is 4.57 Å². The number of benzene rings is 7. The van der Waals surface area contributed by atoms with Crippen LogP contribution >= 0.6 is 0 Å². The maximum absolute atomic E-state index is 2.38. The fourth-order valence-corrected chi connectivity index (χ4v) is 6.32. The van der Waals surface area contributed by atoms with Crippen LogP contribution in [0.5, 0.6) is 0 Å². The first kappa shape index (κ1) is 24.2. The lowest BCUT2D eigenvalue weighted by atomic mass is 9.96. The van der Waals surface area contributed by atoms with Crippen LogP contribution < -0.4 is 4.90 Å². The molecule has 0 bridgehead atoms. The molecule has 1 heterocycles. The molecule has 8 rings (SSSR count). The lowest BCUT2D eigenvalue weighted by Crippen LogP contribution is -2.11. The summed E-state index contributed by atoms with van der Waals surface area (Å²) in [6.07, 6.45) is 0. The summed E-state index contributed by atoms with van der Waals surface area (Å²) in [4.78, 5) is 2.38. The first-order valence-corrected chi connectivity index (χ1v) is 14.4. The quantitative estimate of drug-likeness (QED) is 0.212. The molecule has 0 unspecified atom stereocenters. The van der Waals surface area contributed by atoms with Gasteiger partial charge in [-0.1, -0.05) is 115 Å². The third-order valence-corrected chi connectivity index (χ3v) is 8.17. The average molecular weight is 537 g/mol. The van der Waals surface area contributed by atoms with E-state index in [1.54, 1.807) is 0 Å². The molecular formula is C40H28N2. The molecule has 0 fully saturated rings. The van der Waals surface area contributed by atoms with Crippen molar-refractivity contribution in [2.75, 3.05) is 4.90 Å². The Morgan fingerprint density at radius 3 is 1.62 bits per heavy atom. The Morgan fingerprint density at radius 2 is 0.952 bits per heavy atom. The largest absolute Gasteiger partial charge is 0.310 e. The first-order valence-electron chi connectivity index (χ1n) is 14.4. The van der Waals surface area contributed by atoms with E-state index in [1.165, 1.54) is 43.7 Å². The number of rotatable bonds is 5. The van der Waals surface area contributed by atoms with Crippen LogP contribution in [0.4, 0.5) is 17.1 Å². The Hall–Kier alpha value is -5.60. The molecule has 0 aliphatic carbocycles. The maximum Gasteiger partial charge on any atom is 0.0546 e. The van der Waals surface area contributed by atoms with Crippen LogP contribution in [0.25, 0.3) is 49.4 Å². The molecule has 0 aliphatic rings. The molecule has 198 valence electrons. The number of anilines is 3. The van der Waals surface area contributed by atoms with E-state index in [2.05, 4.69) is 179 Å². The highest BCUT2D eigenvalue weighted by Gasteiger charge is 2.18. The predicted octanol–water partition coefficient (Wildman–Crippen LogP) is 11.1. The van der Waals surface area contributed by atoms with Gasteiger partial charge in [0.05, 0.1) is 16.7 Å². The fraction of sp³-hybridized carbons (Fsp3) is 0. The van der Waals surface area contributed by atoms with Crippen LogP contribution in [-0.4, -0.2) is 4.57 Å². The molecule has 1 aromatic heterocycles. The van der Waals surface area contributed by atoms with Crippen LogP contribution in [0.1, 0.15) is 0 Å². The average Bonchev–Trinajstić information content (AvgIpc) is 3.40. The van der Waals surface area contributed by atoms with E-state index in [9.17, 15) is 0 Å². The normalized spacial score (nSPS) is 11.3. The summed E-state index contributed by atoms with van der Waals surface area (Å²) in [6.45, 7) is 0. The molecule has 0 N–H and O–H groups in total. The van der Waals surface area contributed by atoms with Gasteiger partial charge in [0, 0.05) is 33.2 Å². The monoisotopic (exact) mass is 536 g/mol. The van der Waals surface area contributed by atoms with E-state index in [-0.39, 0.29) is 0 Å². The van der Waals surface area contributed by atoms with Crippen molar-refractivity contribution in [2.45, 2.75) is 0 Å². The molecular weight excluding hydrogens is 508 g/mol. The summed E-state index contributed by atoms with van der Waals surface area (Å²) >= 11 is 0. The minimum absolute atomic E-state index is 1.11. The standard InChI is InChI=1S/C40H28N2/c1-3-13-29(14-4-1)34-21-11-15-30-16-12-24-39(40(30)34)41(31-17-5-2-6-18-31)32-25-27-33(28-26-32)42-37-22-9-7-19-35(37)36-20-8-10-23-38(36)42/h1-28H. The molecule has 2 nitrogen and oxygen atoms in total. The highest BCUT2D eigenvalue weighted by molar-refractivity contribution is 6.10. The zero-order chi connectivity index (χ0) is 27.9. The molecule has 0 radical (unpaired) electrons. The van der Waals surface area contributed by atoms with Gasteiger partial charge < -0.3 is 9.47 Å². The molecule has 0 atom stereocenters. The lowest BCUT2D eigenvalue weighted by Gasteiger charge is -2.28. The van der Waals surface area contributed by atoms with Crippen molar-refractivity contribution in [3.05, 3.63) is 170 Å². The van der Waals surface area contributed by atoms with E-state index >= 15 is 0 Å². The topological polar surface area (TPSA) is 8.17 Å². The van der Waals surface area contributed by atoms with E-state index in [0.29, 0.717) is 0 Å². The molecule has 7 aromatic carbocycles. The van der Waals surface area contributed by atoms with Gasteiger partial charge >= 0.3 is 0 Å². The molecule has 0 saturated carbocycles. The van der Waals surface area contributed by atoms with Gasteiger partial charge in [0.2, 0.25) is 0 Å². The molecule has 2 heteroatoms. The summed E-state index contributed by atoms with van der Waals surface area (Å²) < 4.78 is 2.37. The molecule has 42 heavy (non-hydrogen) atoms. The van der Waals surface area contributed by atoms with E-state index in [0.717, 1.165) is 22.7 Å². The lowest BCUT2D eigenvalue weighted by molar-refractivity contribution is 1.17. The highest BCUT2D eigenvalue weighted by Crippen LogP contribution is 2.43. The van der Waals surface area contributed by atoms with Gasteiger partial charge in [-0.05, 0) is 71.1 Å². The van der Waals surface area contributed by atoms with Crippen molar-refractivity contribution < 1.29 is 0 Å². The van der Waals surface area contributed by atoms with E-state index in [4.69, 9.17) is 0 Å². The summed E-state index contributed by atoms with van der Waals surface area (Å²) in [7, 11) is 0. The van der Waals surface area contributed by atoms with Crippen molar-refractivity contribution in [2.24, 2.45) is 0 Å². The van der Waals surface area contributed by atoms with Crippen LogP contribution in [0.15, 0.2) is 170 Å². The number of para-hydroxylation sites is 3. The van der Waals surface area contributed by atoms with Crippen molar-refractivity contribution >= 4 is 49.6 Å². The van der Waals surface area contributed by atoms with Gasteiger partial charge in [0.25, 0.3) is 0 Å². The summed E-state index contributed by atoms with van der Waals surface area (Å²) in [5.74, 6) is 0. The number of aromatic nitrogens is 1. The molecule has 0 spiro atoms. The number of fused-ring (bicyclic) bond motifs is 4. The summed E-state index contributed by atoms with van der Waals surface area (Å²) in [5.41, 5.74) is 9.41. The van der Waals surface area contributed by atoms with Gasteiger partial charge in [-0.25, -0.2) is 0 Å². The Morgan fingerprint density at radius 1 is 0.405 bits per heavy atom. The molecule has 0 amide bonds. The van der Waals surface area contributed by atoms with Crippen LogP contribution in [0.2, 0.25) is 0 Å². The second-order valence-corrected chi connectivity index (χ2v) is 10.6. The molecule has 0 aliphatic heterocycles. The van der Waals surface area contributed by atoms with E-state index in [1.807, 2.05) is 0 Å². The Bertz CT molecular complexity index is 2120. The maximum atomic E-state index is 2.38. The van der Waals surface area contributed by atoms with Gasteiger partial charge in [0.1, 0.15) is 0 Å². The number of nitrogens with zero attached hydrogens (tertiary/aromatic N) is 2. The summed E-state index contributed by atoms with van der Waals surface area (Å²) in [6, 6.07) is 60.8. The first-order chi connectivity index (χ1) is 20.9. The Kier molecular flexibility index (Phi) is 5.82. The zero-order valence-electron chi connectivity index (χ0n) is 23.1. The Balaban J connectivity index is 1.33. The van der Waals surface area contributed by atoms with Gasteiger partial charge in [-0.3, -0.25) is 0 Å². The van der Waals surface area contributed by atoms with Crippen molar-refractivity contribution in [1.29, 1.82) is 0 Å². The minimum atomic E-state index is 1.11. The number of hydrogen-bond donors (Lipinski definition) is 0. The minimum Gasteiger partial charge on any atom is -0.310 e. The molecule has 8 aromatic rings. The van der Waals surface area contributed by atoms with Crippen molar-refractivity contribution in [3.8, 4) is 16.8 Å².